The summed E-state index contributed by atoms with van der Waals surface area (Å²) >= 11 is 0. The molecule has 124 valence electrons. The highest BCUT2D eigenvalue weighted by molar-refractivity contribution is 5.98. The van der Waals surface area contributed by atoms with Crippen molar-refractivity contribution in [3.63, 3.8) is 0 Å². The van der Waals surface area contributed by atoms with Crippen molar-refractivity contribution < 1.29 is 0 Å². The number of aromatic nitrogens is 1. The summed E-state index contributed by atoms with van der Waals surface area (Å²) in [6.07, 6.45) is -0.00545. The van der Waals surface area contributed by atoms with Crippen LogP contribution in [0.1, 0.15) is 0 Å². The predicted octanol–water partition coefficient (Wildman–Crippen LogP) is 5.23. The first kappa shape index (κ1) is 13.7. The van der Waals surface area contributed by atoms with Crippen molar-refractivity contribution in [2.24, 2.45) is 0 Å². The Labute approximate surface area is 151 Å². The standard InChI is InChI=1S/C22H16N4/c1-2-9-16(10-3-1)25-20-14-15-8-4-5-11-17(15)23-21(20)26-19-13-7-6-12-18(19)24-22(25)26/h1-14,22,24H. The highest BCUT2D eigenvalue weighted by Crippen LogP contribution is 2.52. The van der Waals surface area contributed by atoms with E-state index < -0.39 is 0 Å². The van der Waals surface area contributed by atoms with Crippen molar-refractivity contribution >= 4 is 39.5 Å². The van der Waals surface area contributed by atoms with Crippen LogP contribution in [0.4, 0.5) is 28.6 Å². The quantitative estimate of drug-likeness (QED) is 0.515. The van der Waals surface area contributed by atoms with Crippen LogP contribution in [0.2, 0.25) is 0 Å². The Morgan fingerprint density at radius 2 is 1.50 bits per heavy atom. The summed E-state index contributed by atoms with van der Waals surface area (Å²) in [5, 5.41) is 4.81. The van der Waals surface area contributed by atoms with Crippen LogP contribution in [0.5, 0.6) is 0 Å². The van der Waals surface area contributed by atoms with Gasteiger partial charge in [-0.2, -0.15) is 0 Å². The maximum atomic E-state index is 5.02. The molecule has 1 unspecified atom stereocenters. The summed E-state index contributed by atoms with van der Waals surface area (Å²) in [6.45, 7) is 0. The first-order valence-corrected chi connectivity index (χ1v) is 8.79. The number of fused-ring (bicyclic) bond motifs is 6. The van der Waals surface area contributed by atoms with Gasteiger partial charge in [-0.05, 0) is 36.4 Å². The van der Waals surface area contributed by atoms with Crippen LogP contribution in [-0.2, 0) is 0 Å². The molecule has 0 fully saturated rings. The van der Waals surface area contributed by atoms with Crippen LogP contribution >= 0.6 is 0 Å². The largest absolute Gasteiger partial charge is 0.346 e. The molecule has 1 atom stereocenters. The van der Waals surface area contributed by atoms with Crippen LogP contribution in [-0.4, -0.2) is 11.3 Å². The van der Waals surface area contributed by atoms with Gasteiger partial charge in [0.2, 0.25) is 0 Å². The normalized spacial score (nSPS) is 17.0. The van der Waals surface area contributed by atoms with Gasteiger partial charge >= 0.3 is 0 Å². The van der Waals surface area contributed by atoms with Gasteiger partial charge in [0.25, 0.3) is 0 Å². The maximum Gasteiger partial charge on any atom is 0.188 e. The van der Waals surface area contributed by atoms with Crippen LogP contribution in [0, 0.1) is 0 Å². The second-order valence-electron chi connectivity index (χ2n) is 6.63. The summed E-state index contributed by atoms with van der Waals surface area (Å²) in [7, 11) is 0. The molecule has 0 spiro atoms. The maximum absolute atomic E-state index is 5.02. The molecule has 4 nitrogen and oxygen atoms in total. The van der Waals surface area contributed by atoms with E-state index in [0.29, 0.717) is 0 Å². The second kappa shape index (κ2) is 4.99. The number of para-hydroxylation sites is 4. The molecule has 0 saturated carbocycles. The van der Waals surface area contributed by atoms with Gasteiger partial charge in [0.1, 0.15) is 0 Å². The van der Waals surface area contributed by atoms with E-state index in [2.05, 4.69) is 87.9 Å². The predicted molar refractivity (Wildman–Crippen MR) is 106 cm³/mol. The lowest BCUT2D eigenvalue weighted by molar-refractivity contribution is 0.805. The molecule has 6 rings (SSSR count). The summed E-state index contributed by atoms with van der Waals surface area (Å²) < 4.78 is 0. The third-order valence-electron chi connectivity index (χ3n) is 5.14. The van der Waals surface area contributed by atoms with E-state index in [9.17, 15) is 0 Å². The topological polar surface area (TPSA) is 31.4 Å². The van der Waals surface area contributed by atoms with Crippen LogP contribution in [0.3, 0.4) is 0 Å². The number of hydrogen-bond donors (Lipinski definition) is 1. The monoisotopic (exact) mass is 336 g/mol. The third-order valence-corrected chi connectivity index (χ3v) is 5.14. The number of benzene rings is 3. The van der Waals surface area contributed by atoms with E-state index in [1.807, 2.05) is 12.1 Å². The molecule has 3 aromatic carbocycles. The molecule has 1 N–H and O–H groups in total. The summed E-state index contributed by atoms with van der Waals surface area (Å²) in [5.74, 6) is 0.995. The Hall–Kier alpha value is -3.53. The molecular formula is C22H16N4. The number of nitrogens with zero attached hydrogens (tertiary/aromatic N) is 3. The van der Waals surface area contributed by atoms with Gasteiger partial charge in [0.05, 0.1) is 22.6 Å². The molecule has 4 heteroatoms. The van der Waals surface area contributed by atoms with Crippen molar-refractivity contribution in [3.05, 3.63) is 84.9 Å². The van der Waals surface area contributed by atoms with Crippen molar-refractivity contribution in [1.82, 2.24) is 4.98 Å². The first-order valence-electron chi connectivity index (χ1n) is 8.79. The Balaban J connectivity index is 1.64. The zero-order valence-electron chi connectivity index (χ0n) is 14.0. The fraction of sp³-hybridized carbons (Fsp3) is 0.0455. The summed E-state index contributed by atoms with van der Waals surface area (Å²) in [6, 6.07) is 29.5. The Bertz CT molecular complexity index is 1100. The van der Waals surface area contributed by atoms with Gasteiger partial charge in [-0.1, -0.05) is 48.5 Å². The average Bonchev–Trinajstić information content (AvgIpc) is 3.21. The van der Waals surface area contributed by atoms with Crippen LogP contribution in [0.15, 0.2) is 84.9 Å². The van der Waals surface area contributed by atoms with Crippen molar-refractivity contribution in [2.75, 3.05) is 15.1 Å². The number of pyridine rings is 1. The van der Waals surface area contributed by atoms with Gasteiger partial charge in [0.15, 0.2) is 12.1 Å². The highest BCUT2D eigenvalue weighted by Gasteiger charge is 2.44. The first-order chi connectivity index (χ1) is 12.9. The van der Waals surface area contributed by atoms with Gasteiger partial charge in [-0.15, -0.1) is 0 Å². The van der Waals surface area contributed by atoms with Gasteiger partial charge in [0, 0.05) is 11.1 Å². The second-order valence-corrected chi connectivity index (χ2v) is 6.63. The van der Waals surface area contributed by atoms with E-state index in [0.717, 1.165) is 33.8 Å². The zero-order valence-corrected chi connectivity index (χ0v) is 14.0. The van der Waals surface area contributed by atoms with Crippen molar-refractivity contribution in [2.45, 2.75) is 6.29 Å². The van der Waals surface area contributed by atoms with Crippen molar-refractivity contribution in [1.29, 1.82) is 0 Å². The lowest BCUT2D eigenvalue weighted by Crippen LogP contribution is -2.40. The Morgan fingerprint density at radius 1 is 0.731 bits per heavy atom. The van der Waals surface area contributed by atoms with Gasteiger partial charge in [-0.25, -0.2) is 4.98 Å². The highest BCUT2D eigenvalue weighted by atomic mass is 15.5. The molecule has 2 aliphatic heterocycles. The SMILES string of the molecule is c1ccc(N2c3cc4ccccc4nc3N3c4ccccc4NC23)cc1. The van der Waals surface area contributed by atoms with Crippen LogP contribution in [0.25, 0.3) is 10.9 Å². The van der Waals surface area contributed by atoms with Crippen LogP contribution < -0.4 is 15.1 Å². The Morgan fingerprint density at radius 3 is 2.42 bits per heavy atom. The molecule has 0 radical (unpaired) electrons. The number of anilines is 5. The molecule has 2 aliphatic rings. The van der Waals surface area contributed by atoms with Gasteiger partial charge in [-0.3, -0.25) is 9.80 Å². The van der Waals surface area contributed by atoms with E-state index >= 15 is 0 Å². The molecule has 0 saturated heterocycles. The minimum atomic E-state index is -0.00545. The Kier molecular flexibility index (Phi) is 2.63. The summed E-state index contributed by atoms with van der Waals surface area (Å²) in [4.78, 5) is 9.64. The average molecular weight is 336 g/mol. The molecular weight excluding hydrogens is 320 g/mol. The molecule has 0 aliphatic carbocycles. The smallest absolute Gasteiger partial charge is 0.188 e. The number of hydrogen-bond acceptors (Lipinski definition) is 4. The van der Waals surface area contributed by atoms with Crippen molar-refractivity contribution in [3.8, 4) is 0 Å². The minimum Gasteiger partial charge on any atom is -0.346 e. The number of rotatable bonds is 1. The zero-order chi connectivity index (χ0) is 17.1. The molecule has 4 aromatic rings. The van der Waals surface area contributed by atoms with E-state index in [1.165, 1.54) is 5.69 Å². The molecule has 0 amide bonds. The van der Waals surface area contributed by atoms with Gasteiger partial charge < -0.3 is 5.32 Å². The molecule has 1 aromatic heterocycles. The van der Waals surface area contributed by atoms with E-state index in [1.54, 1.807) is 0 Å². The minimum absolute atomic E-state index is 0.00545. The van der Waals surface area contributed by atoms with E-state index in [-0.39, 0.29) is 6.29 Å². The lowest BCUT2D eigenvalue weighted by atomic mass is 10.2. The fourth-order valence-electron chi connectivity index (χ4n) is 4.00. The third kappa shape index (κ3) is 1.76. The number of nitrogens with one attached hydrogen (secondary N) is 1. The van der Waals surface area contributed by atoms with E-state index in [4.69, 9.17) is 4.98 Å². The summed E-state index contributed by atoms with van der Waals surface area (Å²) in [5.41, 5.74) is 5.60. The fourth-order valence-corrected chi connectivity index (χ4v) is 4.00. The molecule has 3 heterocycles. The molecule has 26 heavy (non-hydrogen) atoms. The lowest BCUT2D eigenvalue weighted by Gasteiger charge is -2.27. The molecule has 0 bridgehead atoms.